The molecule has 0 aliphatic carbocycles. The van der Waals surface area contributed by atoms with Crippen molar-refractivity contribution < 1.29 is 9.53 Å². The molecule has 1 atom stereocenters. The Morgan fingerprint density at radius 1 is 1.14 bits per heavy atom. The first-order valence-electron chi connectivity index (χ1n) is 8.37. The Hall–Kier alpha value is -1.55. The zero-order chi connectivity index (χ0) is 15.6. The number of ether oxygens (including phenoxy) is 1. The molecule has 0 bridgehead atoms. The molecule has 0 aromatic heterocycles. The molecule has 1 aromatic rings. The smallest absolute Gasteiger partial charge is 0.207 e. The molecule has 1 heterocycles. The van der Waals surface area contributed by atoms with Crippen LogP contribution >= 0.6 is 0 Å². The number of amides is 1. The molecular formula is C18H28N2O2. The fourth-order valence-electron chi connectivity index (χ4n) is 3.13. The van der Waals surface area contributed by atoms with Gasteiger partial charge in [-0.25, -0.2) is 0 Å². The Morgan fingerprint density at radius 3 is 2.36 bits per heavy atom. The zero-order valence-electron chi connectivity index (χ0n) is 13.6. The van der Waals surface area contributed by atoms with Crippen molar-refractivity contribution >= 4 is 6.41 Å². The SMILES string of the molecule is COc1ccc(C[C@@H](CN2CCCCCCC2)NC=O)cc1. The van der Waals surface area contributed by atoms with Crippen molar-refractivity contribution in [2.75, 3.05) is 26.7 Å². The van der Waals surface area contributed by atoms with Crippen LogP contribution in [-0.2, 0) is 11.2 Å². The highest BCUT2D eigenvalue weighted by molar-refractivity contribution is 5.47. The number of nitrogens with one attached hydrogen (secondary N) is 1. The second-order valence-electron chi connectivity index (χ2n) is 6.10. The van der Waals surface area contributed by atoms with Gasteiger partial charge in [0.25, 0.3) is 0 Å². The Kier molecular flexibility index (Phi) is 7.23. The minimum atomic E-state index is 0.172. The summed E-state index contributed by atoms with van der Waals surface area (Å²) >= 11 is 0. The molecule has 0 saturated carbocycles. The summed E-state index contributed by atoms with van der Waals surface area (Å²) in [5.41, 5.74) is 1.23. The summed E-state index contributed by atoms with van der Waals surface area (Å²) in [5, 5.41) is 2.99. The molecule has 0 unspecified atom stereocenters. The molecule has 1 saturated heterocycles. The fourth-order valence-corrected chi connectivity index (χ4v) is 3.13. The summed E-state index contributed by atoms with van der Waals surface area (Å²) in [6.45, 7) is 3.24. The van der Waals surface area contributed by atoms with Crippen LogP contribution in [0.25, 0.3) is 0 Å². The van der Waals surface area contributed by atoms with Gasteiger partial charge in [0.05, 0.1) is 7.11 Å². The van der Waals surface area contributed by atoms with Gasteiger partial charge in [0.1, 0.15) is 5.75 Å². The molecule has 1 aromatic carbocycles. The van der Waals surface area contributed by atoms with E-state index in [2.05, 4.69) is 22.3 Å². The summed E-state index contributed by atoms with van der Waals surface area (Å²) in [6.07, 6.45) is 8.28. The molecular weight excluding hydrogens is 276 g/mol. The molecule has 22 heavy (non-hydrogen) atoms. The van der Waals surface area contributed by atoms with Crippen molar-refractivity contribution in [1.29, 1.82) is 0 Å². The quantitative estimate of drug-likeness (QED) is 0.787. The van der Waals surface area contributed by atoms with E-state index in [9.17, 15) is 4.79 Å². The van der Waals surface area contributed by atoms with Gasteiger partial charge in [-0.2, -0.15) is 0 Å². The molecule has 4 nitrogen and oxygen atoms in total. The highest BCUT2D eigenvalue weighted by Crippen LogP contribution is 2.14. The lowest BCUT2D eigenvalue weighted by Crippen LogP contribution is -2.43. The summed E-state index contributed by atoms with van der Waals surface area (Å²) in [4.78, 5) is 13.4. The van der Waals surface area contributed by atoms with E-state index >= 15 is 0 Å². The third-order valence-electron chi connectivity index (χ3n) is 4.37. The highest BCUT2D eigenvalue weighted by atomic mass is 16.5. The summed E-state index contributed by atoms with van der Waals surface area (Å²) < 4.78 is 5.19. The van der Waals surface area contributed by atoms with E-state index in [0.717, 1.165) is 38.2 Å². The minimum Gasteiger partial charge on any atom is -0.497 e. The number of hydrogen-bond acceptors (Lipinski definition) is 3. The van der Waals surface area contributed by atoms with Crippen LogP contribution in [-0.4, -0.2) is 44.1 Å². The highest BCUT2D eigenvalue weighted by Gasteiger charge is 2.15. The Labute approximate surface area is 133 Å². The van der Waals surface area contributed by atoms with E-state index in [1.165, 1.54) is 37.7 Å². The first kappa shape index (κ1) is 16.8. The van der Waals surface area contributed by atoms with Crippen LogP contribution in [0.4, 0.5) is 0 Å². The Balaban J connectivity index is 1.90. The maximum atomic E-state index is 10.9. The van der Waals surface area contributed by atoms with Gasteiger partial charge in [0.15, 0.2) is 0 Å². The number of rotatable bonds is 7. The van der Waals surface area contributed by atoms with Gasteiger partial charge in [0, 0.05) is 12.6 Å². The second kappa shape index (κ2) is 9.46. The first-order valence-corrected chi connectivity index (χ1v) is 8.37. The zero-order valence-corrected chi connectivity index (χ0v) is 13.6. The minimum absolute atomic E-state index is 0.172. The summed E-state index contributed by atoms with van der Waals surface area (Å²) in [7, 11) is 1.67. The largest absolute Gasteiger partial charge is 0.497 e. The third kappa shape index (κ3) is 5.68. The summed E-state index contributed by atoms with van der Waals surface area (Å²) in [5.74, 6) is 0.868. The van der Waals surface area contributed by atoms with Gasteiger partial charge in [0.2, 0.25) is 6.41 Å². The molecule has 1 aliphatic rings. The Morgan fingerprint density at radius 2 is 1.77 bits per heavy atom. The monoisotopic (exact) mass is 304 g/mol. The van der Waals surface area contributed by atoms with Crippen LogP contribution in [0.1, 0.15) is 37.7 Å². The van der Waals surface area contributed by atoms with Gasteiger partial charge in [-0.1, -0.05) is 31.4 Å². The molecule has 1 aliphatic heterocycles. The van der Waals surface area contributed by atoms with Crippen molar-refractivity contribution in [1.82, 2.24) is 10.2 Å². The molecule has 1 N–H and O–H groups in total. The van der Waals surface area contributed by atoms with Gasteiger partial charge < -0.3 is 15.0 Å². The number of likely N-dealkylation sites (tertiary alicyclic amines) is 1. The molecule has 1 amide bonds. The number of nitrogens with zero attached hydrogens (tertiary/aromatic N) is 1. The average molecular weight is 304 g/mol. The average Bonchev–Trinajstić information content (AvgIpc) is 2.51. The number of hydrogen-bond donors (Lipinski definition) is 1. The van der Waals surface area contributed by atoms with E-state index < -0.39 is 0 Å². The number of methoxy groups -OCH3 is 1. The lowest BCUT2D eigenvalue weighted by Gasteiger charge is -2.28. The number of carbonyl (C=O) groups excluding carboxylic acids is 1. The molecule has 1 fully saturated rings. The van der Waals surface area contributed by atoms with E-state index in [0.29, 0.717) is 0 Å². The predicted molar refractivity (Wildman–Crippen MR) is 89.2 cm³/mol. The third-order valence-corrected chi connectivity index (χ3v) is 4.37. The lowest BCUT2D eigenvalue weighted by atomic mass is 10.0. The van der Waals surface area contributed by atoms with Crippen LogP contribution in [0.15, 0.2) is 24.3 Å². The predicted octanol–water partition coefficient (Wildman–Crippen LogP) is 2.62. The van der Waals surface area contributed by atoms with Gasteiger partial charge >= 0.3 is 0 Å². The standard InChI is InChI=1S/C18H28N2O2/c1-22-18-9-7-16(8-10-18)13-17(19-15-21)14-20-11-5-3-2-4-6-12-20/h7-10,15,17H,2-6,11-14H2,1H3,(H,19,21)/t17-/m0/s1. The van der Waals surface area contributed by atoms with Gasteiger partial charge in [-0.15, -0.1) is 0 Å². The second-order valence-corrected chi connectivity index (χ2v) is 6.10. The molecule has 122 valence electrons. The maximum absolute atomic E-state index is 10.9. The van der Waals surface area contributed by atoms with Crippen molar-refractivity contribution in [3.05, 3.63) is 29.8 Å². The normalized spacial score (nSPS) is 18.0. The van der Waals surface area contributed by atoms with Crippen LogP contribution in [0.2, 0.25) is 0 Å². The molecule has 0 radical (unpaired) electrons. The van der Waals surface area contributed by atoms with E-state index in [1.807, 2.05) is 12.1 Å². The van der Waals surface area contributed by atoms with Crippen LogP contribution < -0.4 is 10.1 Å². The van der Waals surface area contributed by atoms with Gasteiger partial charge in [-0.3, -0.25) is 4.79 Å². The summed E-state index contributed by atoms with van der Waals surface area (Å²) in [6, 6.07) is 8.27. The number of carbonyl (C=O) groups is 1. The van der Waals surface area contributed by atoms with Gasteiger partial charge in [-0.05, 0) is 50.0 Å². The topological polar surface area (TPSA) is 41.6 Å². The Bertz CT molecular complexity index is 425. The van der Waals surface area contributed by atoms with Crippen molar-refractivity contribution in [3.63, 3.8) is 0 Å². The van der Waals surface area contributed by atoms with Crippen LogP contribution in [0, 0.1) is 0 Å². The van der Waals surface area contributed by atoms with Crippen molar-refractivity contribution in [3.8, 4) is 5.75 Å². The van der Waals surface area contributed by atoms with E-state index in [-0.39, 0.29) is 6.04 Å². The molecule has 2 rings (SSSR count). The number of benzene rings is 1. The van der Waals surface area contributed by atoms with Crippen LogP contribution in [0.3, 0.4) is 0 Å². The maximum Gasteiger partial charge on any atom is 0.207 e. The molecule has 4 heteroatoms. The van der Waals surface area contributed by atoms with E-state index in [4.69, 9.17) is 4.74 Å². The van der Waals surface area contributed by atoms with Crippen LogP contribution in [0.5, 0.6) is 5.75 Å². The van der Waals surface area contributed by atoms with E-state index in [1.54, 1.807) is 7.11 Å². The van der Waals surface area contributed by atoms with Crippen molar-refractivity contribution in [2.45, 2.75) is 44.6 Å². The first-order chi connectivity index (χ1) is 10.8. The fraction of sp³-hybridized carbons (Fsp3) is 0.611. The van der Waals surface area contributed by atoms with Crippen molar-refractivity contribution in [2.24, 2.45) is 0 Å². The molecule has 0 spiro atoms. The lowest BCUT2D eigenvalue weighted by molar-refractivity contribution is -0.110.